The molecule has 0 bridgehead atoms. The third-order valence-electron chi connectivity index (χ3n) is 3.02. The molecule has 0 aliphatic rings. The first-order valence-corrected chi connectivity index (χ1v) is 6.52. The van der Waals surface area contributed by atoms with Crippen LogP contribution in [-0.4, -0.2) is 17.1 Å². The SMILES string of the molecule is CCc1[nH]c(=S)[nH]c(=O)c1Cc1ccc(OC)cc1. The summed E-state index contributed by atoms with van der Waals surface area (Å²) in [6, 6.07) is 7.69. The standard InChI is InChI=1S/C14H16N2O2S/c1-3-12-11(13(17)16-14(19)15-12)8-9-4-6-10(18-2)7-5-9/h4-7H,3,8H2,1-2H3,(H2,15,16,17,19). The van der Waals surface area contributed by atoms with Gasteiger partial charge in [0.1, 0.15) is 5.75 Å². The van der Waals surface area contributed by atoms with E-state index in [1.165, 1.54) is 0 Å². The van der Waals surface area contributed by atoms with E-state index in [0.717, 1.165) is 29.0 Å². The largest absolute Gasteiger partial charge is 0.497 e. The Balaban J connectivity index is 2.37. The number of aryl methyl sites for hydroxylation is 1. The Morgan fingerprint density at radius 1 is 1.21 bits per heavy atom. The molecule has 0 fully saturated rings. The Morgan fingerprint density at radius 3 is 2.47 bits per heavy atom. The Morgan fingerprint density at radius 2 is 1.89 bits per heavy atom. The van der Waals surface area contributed by atoms with Crippen LogP contribution in [0.4, 0.5) is 0 Å². The van der Waals surface area contributed by atoms with Crippen molar-refractivity contribution in [2.75, 3.05) is 7.11 Å². The number of nitrogens with one attached hydrogen (secondary N) is 2. The summed E-state index contributed by atoms with van der Waals surface area (Å²) >= 11 is 4.98. The van der Waals surface area contributed by atoms with Crippen LogP contribution in [0.15, 0.2) is 29.1 Å². The molecule has 1 aromatic carbocycles. The zero-order valence-corrected chi connectivity index (χ0v) is 11.8. The lowest BCUT2D eigenvalue weighted by Crippen LogP contribution is -2.18. The second-order valence-corrected chi connectivity index (χ2v) is 4.65. The molecule has 19 heavy (non-hydrogen) atoms. The van der Waals surface area contributed by atoms with Gasteiger partial charge in [-0.3, -0.25) is 9.78 Å². The van der Waals surface area contributed by atoms with Crippen LogP contribution >= 0.6 is 12.2 Å². The minimum atomic E-state index is -0.114. The fourth-order valence-corrected chi connectivity index (χ4v) is 2.21. The quantitative estimate of drug-likeness (QED) is 0.844. The van der Waals surface area contributed by atoms with Crippen molar-refractivity contribution >= 4 is 12.2 Å². The molecule has 0 radical (unpaired) electrons. The number of hydrogen-bond donors (Lipinski definition) is 2. The van der Waals surface area contributed by atoms with E-state index in [2.05, 4.69) is 9.97 Å². The molecule has 0 atom stereocenters. The van der Waals surface area contributed by atoms with Gasteiger partial charge in [0.15, 0.2) is 4.77 Å². The summed E-state index contributed by atoms with van der Waals surface area (Å²) in [4.78, 5) is 17.7. The first-order valence-electron chi connectivity index (χ1n) is 6.11. The molecule has 1 aromatic heterocycles. The predicted octanol–water partition coefficient (Wildman–Crippen LogP) is 2.59. The average molecular weight is 276 g/mol. The van der Waals surface area contributed by atoms with Gasteiger partial charge in [-0.2, -0.15) is 0 Å². The summed E-state index contributed by atoms with van der Waals surface area (Å²) in [5.41, 5.74) is 2.58. The molecule has 2 rings (SSSR count). The number of aromatic nitrogens is 2. The molecule has 5 heteroatoms. The summed E-state index contributed by atoms with van der Waals surface area (Å²) in [6.07, 6.45) is 1.33. The van der Waals surface area contributed by atoms with Gasteiger partial charge in [-0.1, -0.05) is 19.1 Å². The van der Waals surface area contributed by atoms with Crippen molar-refractivity contribution in [2.45, 2.75) is 19.8 Å². The molecular formula is C14H16N2O2S. The van der Waals surface area contributed by atoms with Gasteiger partial charge >= 0.3 is 0 Å². The van der Waals surface area contributed by atoms with Crippen LogP contribution in [0, 0.1) is 4.77 Å². The van der Waals surface area contributed by atoms with Crippen LogP contribution in [0.2, 0.25) is 0 Å². The van der Waals surface area contributed by atoms with Gasteiger partial charge in [0.25, 0.3) is 5.56 Å². The number of methoxy groups -OCH3 is 1. The van der Waals surface area contributed by atoms with Crippen molar-refractivity contribution in [3.8, 4) is 5.75 Å². The Hall–Kier alpha value is -1.88. The molecule has 0 saturated heterocycles. The Kier molecular flexibility index (Phi) is 4.16. The molecule has 100 valence electrons. The molecule has 0 spiro atoms. The maximum absolute atomic E-state index is 12.0. The third-order valence-corrected chi connectivity index (χ3v) is 3.23. The highest BCUT2D eigenvalue weighted by Crippen LogP contribution is 2.14. The van der Waals surface area contributed by atoms with Gasteiger partial charge in [0.2, 0.25) is 0 Å². The number of hydrogen-bond acceptors (Lipinski definition) is 3. The van der Waals surface area contributed by atoms with Crippen LogP contribution in [0.1, 0.15) is 23.7 Å². The Bertz CT molecular complexity index is 671. The number of H-pyrrole nitrogens is 2. The molecule has 0 aliphatic carbocycles. The van der Waals surface area contributed by atoms with Crippen LogP contribution in [0.25, 0.3) is 0 Å². The topological polar surface area (TPSA) is 57.9 Å². The molecule has 0 amide bonds. The maximum atomic E-state index is 12.0. The highest BCUT2D eigenvalue weighted by atomic mass is 32.1. The zero-order valence-electron chi connectivity index (χ0n) is 10.9. The molecule has 0 unspecified atom stereocenters. The molecule has 0 saturated carbocycles. The van der Waals surface area contributed by atoms with E-state index < -0.39 is 0 Å². The predicted molar refractivity (Wildman–Crippen MR) is 77.4 cm³/mol. The highest BCUT2D eigenvalue weighted by Gasteiger charge is 2.08. The second kappa shape index (κ2) is 5.84. The van der Waals surface area contributed by atoms with Gasteiger partial charge in [0.05, 0.1) is 7.11 Å². The summed E-state index contributed by atoms with van der Waals surface area (Å²) in [7, 11) is 1.63. The first kappa shape index (κ1) is 13.5. The smallest absolute Gasteiger partial charge is 0.255 e. The lowest BCUT2D eigenvalue weighted by atomic mass is 10.0. The van der Waals surface area contributed by atoms with E-state index in [1.54, 1.807) is 7.11 Å². The van der Waals surface area contributed by atoms with Crippen LogP contribution < -0.4 is 10.3 Å². The van der Waals surface area contributed by atoms with Gasteiger partial charge in [-0.25, -0.2) is 0 Å². The number of rotatable bonds is 4. The molecule has 0 aliphatic heterocycles. The monoisotopic (exact) mass is 276 g/mol. The summed E-state index contributed by atoms with van der Waals surface area (Å²) < 4.78 is 5.49. The van der Waals surface area contributed by atoms with Crippen molar-refractivity contribution in [2.24, 2.45) is 0 Å². The Labute approximate surface area is 116 Å². The lowest BCUT2D eigenvalue weighted by molar-refractivity contribution is 0.414. The van der Waals surface area contributed by atoms with Crippen LogP contribution in [0.3, 0.4) is 0 Å². The summed E-state index contributed by atoms with van der Waals surface area (Å²) in [6.45, 7) is 2.00. The normalized spacial score (nSPS) is 10.4. The zero-order chi connectivity index (χ0) is 13.8. The summed E-state index contributed by atoms with van der Waals surface area (Å²) in [5, 5.41) is 0. The van der Waals surface area contributed by atoms with Gasteiger partial charge < -0.3 is 9.72 Å². The van der Waals surface area contributed by atoms with Gasteiger partial charge in [0, 0.05) is 17.7 Å². The number of benzene rings is 1. The van der Waals surface area contributed by atoms with Crippen molar-refractivity contribution in [3.63, 3.8) is 0 Å². The fourth-order valence-electron chi connectivity index (χ4n) is 2.00. The van der Waals surface area contributed by atoms with Crippen LogP contribution in [0.5, 0.6) is 5.75 Å². The van der Waals surface area contributed by atoms with E-state index in [4.69, 9.17) is 17.0 Å². The number of aromatic amines is 2. The summed E-state index contributed by atoms with van der Waals surface area (Å²) in [5.74, 6) is 0.806. The average Bonchev–Trinajstić information content (AvgIpc) is 2.42. The molecule has 2 aromatic rings. The highest BCUT2D eigenvalue weighted by molar-refractivity contribution is 7.71. The first-order chi connectivity index (χ1) is 9.13. The maximum Gasteiger partial charge on any atom is 0.255 e. The minimum Gasteiger partial charge on any atom is -0.497 e. The minimum absolute atomic E-state index is 0.114. The van der Waals surface area contributed by atoms with Gasteiger partial charge in [-0.05, 0) is 36.3 Å². The van der Waals surface area contributed by atoms with Crippen molar-refractivity contribution in [3.05, 3.63) is 56.2 Å². The van der Waals surface area contributed by atoms with E-state index in [-0.39, 0.29) is 5.56 Å². The fraction of sp³-hybridized carbons (Fsp3) is 0.286. The third kappa shape index (κ3) is 3.12. The van der Waals surface area contributed by atoms with Crippen molar-refractivity contribution < 1.29 is 4.74 Å². The molecule has 1 heterocycles. The molecule has 2 N–H and O–H groups in total. The molecular weight excluding hydrogens is 260 g/mol. The number of ether oxygens (including phenoxy) is 1. The van der Waals surface area contributed by atoms with Crippen LogP contribution in [-0.2, 0) is 12.8 Å². The lowest BCUT2D eigenvalue weighted by Gasteiger charge is -2.07. The van der Waals surface area contributed by atoms with E-state index >= 15 is 0 Å². The van der Waals surface area contributed by atoms with E-state index in [9.17, 15) is 4.79 Å². The second-order valence-electron chi connectivity index (χ2n) is 4.24. The van der Waals surface area contributed by atoms with E-state index in [0.29, 0.717) is 11.2 Å². The molecule has 4 nitrogen and oxygen atoms in total. The van der Waals surface area contributed by atoms with Crippen molar-refractivity contribution in [1.82, 2.24) is 9.97 Å². The van der Waals surface area contributed by atoms with Crippen molar-refractivity contribution in [1.29, 1.82) is 0 Å². The van der Waals surface area contributed by atoms with E-state index in [1.807, 2.05) is 31.2 Å². The van der Waals surface area contributed by atoms with Gasteiger partial charge in [-0.15, -0.1) is 0 Å².